The molecule has 0 aliphatic heterocycles. The smallest absolute Gasteiger partial charge is 0.325 e. The Balaban J connectivity index is 2.10. The minimum atomic E-state index is -3.39. The Morgan fingerprint density at radius 2 is 1.85 bits per heavy atom. The number of pyridine rings is 1. The third kappa shape index (κ3) is 5.98. The van der Waals surface area contributed by atoms with Gasteiger partial charge >= 0.3 is 5.69 Å². The average molecular weight is 471 g/mol. The third-order valence-corrected chi connectivity index (χ3v) is 5.39. The van der Waals surface area contributed by atoms with Crippen LogP contribution in [0.25, 0.3) is 23.3 Å². The summed E-state index contributed by atoms with van der Waals surface area (Å²) in [5.41, 5.74) is 2.14. The summed E-state index contributed by atoms with van der Waals surface area (Å²) in [6.45, 7) is 6.11. The molecule has 0 spiro atoms. The summed E-state index contributed by atoms with van der Waals surface area (Å²) in [7, 11) is -1.80. The van der Waals surface area contributed by atoms with Crippen LogP contribution >= 0.6 is 0 Å². The van der Waals surface area contributed by atoms with Crippen LogP contribution in [0.1, 0.15) is 37.6 Å². The number of H-pyrrole nitrogens is 2. The van der Waals surface area contributed by atoms with Crippen LogP contribution < -0.4 is 20.7 Å². The number of ether oxygens (including phenoxy) is 1. The van der Waals surface area contributed by atoms with Crippen LogP contribution in [-0.2, 0) is 15.4 Å². The van der Waals surface area contributed by atoms with Crippen molar-refractivity contribution in [2.24, 2.45) is 0 Å². The quantitative estimate of drug-likeness (QED) is 0.507. The molecular formula is C23H26N4O5S. The molecule has 0 aliphatic rings. The summed E-state index contributed by atoms with van der Waals surface area (Å²) < 4.78 is 30.8. The first-order chi connectivity index (χ1) is 15.4. The monoisotopic (exact) mass is 470 g/mol. The predicted octanol–water partition coefficient (Wildman–Crippen LogP) is 2.97. The first kappa shape index (κ1) is 24.0. The summed E-state index contributed by atoms with van der Waals surface area (Å²) in [5.74, 6) is 0.652. The van der Waals surface area contributed by atoms with Crippen LogP contribution in [-0.4, -0.2) is 36.7 Å². The van der Waals surface area contributed by atoms with Crippen molar-refractivity contribution in [2.75, 3.05) is 18.1 Å². The zero-order valence-corrected chi connectivity index (χ0v) is 19.8. The second-order valence-electron chi connectivity index (χ2n) is 8.56. The van der Waals surface area contributed by atoms with Gasteiger partial charge < -0.3 is 9.72 Å². The van der Waals surface area contributed by atoms with Crippen molar-refractivity contribution in [2.45, 2.75) is 26.2 Å². The highest BCUT2D eigenvalue weighted by atomic mass is 32.2. The summed E-state index contributed by atoms with van der Waals surface area (Å²) >= 11 is 0. The SMILES string of the molecule is COc1c(/C=C/c2ccc(NS(C)(=O)=O)cn2)cc(-c2c[nH]c(=O)[nH]c2=O)cc1C(C)(C)C. The van der Waals surface area contributed by atoms with Gasteiger partial charge in [-0.05, 0) is 47.4 Å². The number of nitrogens with zero attached hydrogens (tertiary/aromatic N) is 1. The summed E-state index contributed by atoms with van der Waals surface area (Å²) in [5, 5.41) is 0. The Hall–Kier alpha value is -3.66. The number of hydrogen-bond acceptors (Lipinski definition) is 6. The molecule has 0 radical (unpaired) electrons. The Kier molecular flexibility index (Phi) is 6.59. The number of hydrogen-bond donors (Lipinski definition) is 3. The highest BCUT2D eigenvalue weighted by molar-refractivity contribution is 7.92. The molecule has 33 heavy (non-hydrogen) atoms. The molecule has 2 aromatic heterocycles. The number of rotatable bonds is 6. The van der Waals surface area contributed by atoms with Crippen molar-refractivity contribution < 1.29 is 13.2 Å². The fourth-order valence-corrected chi connectivity index (χ4v) is 3.84. The molecule has 1 aromatic carbocycles. The molecule has 0 unspecified atom stereocenters. The standard InChI is InChI=1S/C23H26N4O5S/c1-23(2,3)19-11-15(18-13-25-22(29)26-21(18)28)10-14(20(19)32-4)6-7-16-8-9-17(12-24-16)27-33(5,30)31/h6-13,27H,1-5H3,(H2,25,26,28,29)/b7-6+. The normalized spacial score (nSPS) is 12.2. The first-order valence-corrected chi connectivity index (χ1v) is 11.9. The molecule has 3 aromatic rings. The Morgan fingerprint density at radius 3 is 2.39 bits per heavy atom. The lowest BCUT2D eigenvalue weighted by Gasteiger charge is -2.24. The molecular weight excluding hydrogens is 444 g/mol. The van der Waals surface area contributed by atoms with E-state index in [1.54, 1.807) is 31.4 Å². The highest BCUT2D eigenvalue weighted by Gasteiger charge is 2.23. The van der Waals surface area contributed by atoms with Gasteiger partial charge in [0.25, 0.3) is 5.56 Å². The maximum absolute atomic E-state index is 12.4. The van der Waals surface area contributed by atoms with Crippen LogP contribution in [0, 0.1) is 0 Å². The van der Waals surface area contributed by atoms with E-state index in [1.165, 1.54) is 12.4 Å². The molecule has 3 rings (SSSR count). The lowest BCUT2D eigenvalue weighted by atomic mass is 9.83. The molecule has 0 aliphatic carbocycles. The molecule has 0 fully saturated rings. The van der Waals surface area contributed by atoms with Gasteiger partial charge in [0.1, 0.15) is 5.75 Å². The Morgan fingerprint density at radius 1 is 1.12 bits per heavy atom. The average Bonchev–Trinajstić information content (AvgIpc) is 2.71. The maximum Gasteiger partial charge on any atom is 0.325 e. The van der Waals surface area contributed by atoms with Gasteiger partial charge in [-0.25, -0.2) is 13.2 Å². The summed E-state index contributed by atoms with van der Waals surface area (Å²) in [6, 6.07) is 6.97. The molecule has 0 bridgehead atoms. The van der Waals surface area contributed by atoms with Crippen molar-refractivity contribution in [1.82, 2.24) is 15.0 Å². The number of nitrogens with one attached hydrogen (secondary N) is 3. The minimum Gasteiger partial charge on any atom is -0.496 e. The molecule has 0 amide bonds. The number of methoxy groups -OCH3 is 1. The molecule has 10 heteroatoms. The van der Waals surface area contributed by atoms with Gasteiger partial charge in [-0.3, -0.25) is 19.5 Å². The Labute approximate surface area is 191 Å². The molecule has 3 N–H and O–H groups in total. The number of anilines is 1. The van der Waals surface area contributed by atoms with Crippen LogP contribution in [0.2, 0.25) is 0 Å². The van der Waals surface area contributed by atoms with E-state index in [2.05, 4.69) is 19.7 Å². The largest absolute Gasteiger partial charge is 0.496 e. The lowest BCUT2D eigenvalue weighted by molar-refractivity contribution is 0.397. The zero-order valence-electron chi connectivity index (χ0n) is 19.0. The van der Waals surface area contributed by atoms with E-state index in [0.29, 0.717) is 33.8 Å². The summed E-state index contributed by atoms with van der Waals surface area (Å²) in [4.78, 5) is 32.8. The topological polar surface area (TPSA) is 134 Å². The fourth-order valence-electron chi connectivity index (χ4n) is 3.29. The molecule has 0 saturated heterocycles. The number of benzene rings is 1. The number of sulfonamides is 1. The molecule has 2 heterocycles. The van der Waals surface area contributed by atoms with E-state index in [4.69, 9.17) is 4.74 Å². The second-order valence-corrected chi connectivity index (χ2v) is 10.3. The van der Waals surface area contributed by atoms with E-state index < -0.39 is 21.3 Å². The molecule has 0 atom stereocenters. The van der Waals surface area contributed by atoms with E-state index in [9.17, 15) is 18.0 Å². The van der Waals surface area contributed by atoms with E-state index >= 15 is 0 Å². The molecule has 174 valence electrons. The first-order valence-electron chi connectivity index (χ1n) is 10.0. The Bertz CT molecular complexity index is 1410. The van der Waals surface area contributed by atoms with Crippen LogP contribution in [0.3, 0.4) is 0 Å². The highest BCUT2D eigenvalue weighted by Crippen LogP contribution is 2.38. The zero-order chi connectivity index (χ0) is 24.4. The lowest BCUT2D eigenvalue weighted by Crippen LogP contribution is -2.23. The van der Waals surface area contributed by atoms with Gasteiger partial charge in [0.15, 0.2) is 0 Å². The van der Waals surface area contributed by atoms with Crippen molar-refractivity contribution in [3.8, 4) is 16.9 Å². The fraction of sp³-hybridized carbons (Fsp3) is 0.261. The van der Waals surface area contributed by atoms with Crippen LogP contribution in [0.15, 0.2) is 46.2 Å². The van der Waals surface area contributed by atoms with Crippen LogP contribution in [0.4, 0.5) is 5.69 Å². The van der Waals surface area contributed by atoms with Gasteiger partial charge in [-0.2, -0.15) is 0 Å². The van der Waals surface area contributed by atoms with Crippen LogP contribution in [0.5, 0.6) is 5.75 Å². The van der Waals surface area contributed by atoms with Crippen molar-refractivity contribution in [3.63, 3.8) is 0 Å². The second kappa shape index (κ2) is 9.07. The van der Waals surface area contributed by atoms with E-state index in [0.717, 1.165) is 11.8 Å². The van der Waals surface area contributed by atoms with E-state index in [1.807, 2.05) is 32.9 Å². The molecule has 0 saturated carbocycles. The summed E-state index contributed by atoms with van der Waals surface area (Å²) in [6.07, 6.45) is 7.45. The molecule has 9 nitrogen and oxygen atoms in total. The van der Waals surface area contributed by atoms with Gasteiger partial charge in [0, 0.05) is 17.3 Å². The predicted molar refractivity (Wildman–Crippen MR) is 130 cm³/mol. The van der Waals surface area contributed by atoms with Crippen molar-refractivity contribution >= 4 is 27.9 Å². The van der Waals surface area contributed by atoms with Crippen molar-refractivity contribution in [1.29, 1.82) is 0 Å². The number of aromatic amines is 2. The number of aromatic nitrogens is 3. The van der Waals surface area contributed by atoms with Gasteiger partial charge in [0.2, 0.25) is 10.0 Å². The van der Waals surface area contributed by atoms with Gasteiger partial charge in [-0.1, -0.05) is 20.8 Å². The van der Waals surface area contributed by atoms with Crippen molar-refractivity contribution in [3.05, 3.63) is 74.3 Å². The maximum atomic E-state index is 12.4. The minimum absolute atomic E-state index is 0.296. The van der Waals surface area contributed by atoms with Gasteiger partial charge in [-0.15, -0.1) is 0 Å². The van der Waals surface area contributed by atoms with E-state index in [-0.39, 0.29) is 5.41 Å². The third-order valence-electron chi connectivity index (χ3n) is 4.78. The van der Waals surface area contributed by atoms with Gasteiger partial charge in [0.05, 0.1) is 36.5 Å².